The maximum atomic E-state index is 13.1. The molecular weight excluding hydrogens is 311 g/mol. The first-order valence-electron chi connectivity index (χ1n) is 7.61. The lowest BCUT2D eigenvalue weighted by Gasteiger charge is -2.23. The zero-order valence-corrected chi connectivity index (χ0v) is 13.7. The largest absolute Gasteiger partial charge is 0.489 e. The number of nitrogens with one attached hydrogen (secondary N) is 1. The van der Waals surface area contributed by atoms with E-state index in [2.05, 4.69) is 5.32 Å². The van der Waals surface area contributed by atoms with Gasteiger partial charge in [-0.05, 0) is 36.8 Å². The summed E-state index contributed by atoms with van der Waals surface area (Å²) in [6.07, 6.45) is 0. The molecule has 0 saturated heterocycles. The van der Waals surface area contributed by atoms with Crippen molar-refractivity contribution in [3.63, 3.8) is 0 Å². The number of nitrogens with zero attached hydrogens (tertiary/aromatic N) is 1. The lowest BCUT2D eigenvalue weighted by Crippen LogP contribution is -2.40. The fraction of sp³-hybridized carbons (Fsp3) is 0.278. The molecular formula is C18H21FN2O3. The fourth-order valence-corrected chi connectivity index (χ4v) is 1.99. The number of aliphatic hydroxyl groups is 1. The number of hydrogen-bond donors (Lipinski definition) is 2. The molecule has 0 aliphatic rings. The minimum absolute atomic E-state index is 0.110. The Bertz CT molecular complexity index is 693. The Morgan fingerprint density at radius 3 is 2.75 bits per heavy atom. The number of rotatable bonds is 6. The number of amides is 2. The fourth-order valence-electron chi connectivity index (χ4n) is 1.99. The van der Waals surface area contributed by atoms with Gasteiger partial charge in [0, 0.05) is 18.8 Å². The van der Waals surface area contributed by atoms with E-state index in [-0.39, 0.29) is 31.1 Å². The highest BCUT2D eigenvalue weighted by atomic mass is 19.1. The van der Waals surface area contributed by atoms with Crippen molar-refractivity contribution in [3.05, 3.63) is 59.9 Å². The van der Waals surface area contributed by atoms with Crippen molar-refractivity contribution in [1.82, 2.24) is 4.90 Å². The summed E-state index contributed by atoms with van der Waals surface area (Å²) in [6.45, 7) is 1.87. The zero-order chi connectivity index (χ0) is 17.5. The molecule has 2 rings (SSSR count). The number of ether oxygens (including phenoxy) is 1. The van der Waals surface area contributed by atoms with E-state index in [1.165, 1.54) is 17.0 Å². The summed E-state index contributed by atoms with van der Waals surface area (Å²) in [5.41, 5.74) is 1.30. The molecule has 2 N–H and O–H groups in total. The van der Waals surface area contributed by atoms with Gasteiger partial charge in [0.25, 0.3) is 0 Å². The molecule has 0 spiro atoms. The molecule has 1 atom stereocenters. The highest BCUT2D eigenvalue weighted by molar-refractivity contribution is 5.89. The van der Waals surface area contributed by atoms with Crippen molar-refractivity contribution < 1.29 is 19.0 Å². The van der Waals surface area contributed by atoms with Crippen LogP contribution in [0.3, 0.4) is 0 Å². The van der Waals surface area contributed by atoms with Gasteiger partial charge in [-0.1, -0.05) is 18.2 Å². The van der Waals surface area contributed by atoms with Crippen LogP contribution in [0.4, 0.5) is 14.9 Å². The summed E-state index contributed by atoms with van der Waals surface area (Å²) in [6, 6.07) is 12.5. The molecule has 2 aromatic carbocycles. The molecule has 0 bridgehead atoms. The standard InChI is InChI=1S/C18H21FN2O3/c1-13(11-22)21(2)18(23)20-16-7-4-8-17(10-16)24-12-14-5-3-6-15(19)9-14/h3-10,13,22H,11-12H2,1-2H3,(H,20,23). The van der Waals surface area contributed by atoms with Crippen molar-refractivity contribution in [2.75, 3.05) is 19.0 Å². The topological polar surface area (TPSA) is 61.8 Å². The second kappa shape index (κ2) is 8.31. The van der Waals surface area contributed by atoms with E-state index in [0.29, 0.717) is 11.4 Å². The van der Waals surface area contributed by atoms with Gasteiger partial charge in [0.05, 0.1) is 12.6 Å². The summed E-state index contributed by atoms with van der Waals surface area (Å²) in [7, 11) is 1.61. The Labute approximate surface area is 140 Å². The van der Waals surface area contributed by atoms with Crippen LogP contribution >= 0.6 is 0 Å². The Hall–Kier alpha value is -2.60. The molecule has 128 valence electrons. The molecule has 0 aromatic heterocycles. The number of carbonyl (C=O) groups excluding carboxylic acids is 1. The van der Waals surface area contributed by atoms with Crippen LogP contribution in [-0.2, 0) is 6.61 Å². The smallest absolute Gasteiger partial charge is 0.321 e. The maximum absolute atomic E-state index is 13.1. The van der Waals surface area contributed by atoms with Gasteiger partial charge in [0.2, 0.25) is 0 Å². The summed E-state index contributed by atoms with van der Waals surface area (Å²) in [5.74, 6) is 0.257. The third-order valence-electron chi connectivity index (χ3n) is 3.63. The Kier molecular flexibility index (Phi) is 6.14. The molecule has 0 aliphatic heterocycles. The quantitative estimate of drug-likeness (QED) is 0.853. The van der Waals surface area contributed by atoms with Crippen molar-refractivity contribution in [2.45, 2.75) is 19.6 Å². The molecule has 24 heavy (non-hydrogen) atoms. The number of anilines is 1. The second-order valence-corrected chi connectivity index (χ2v) is 5.52. The van der Waals surface area contributed by atoms with Crippen LogP contribution in [0.2, 0.25) is 0 Å². The predicted octanol–water partition coefficient (Wildman–Crippen LogP) is 3.25. The molecule has 2 amide bonds. The van der Waals surface area contributed by atoms with Crippen molar-refractivity contribution in [2.24, 2.45) is 0 Å². The number of carbonyl (C=O) groups is 1. The Morgan fingerprint density at radius 2 is 2.04 bits per heavy atom. The third kappa shape index (κ3) is 4.96. The van der Waals surface area contributed by atoms with Crippen LogP contribution in [0, 0.1) is 5.82 Å². The van der Waals surface area contributed by atoms with Gasteiger partial charge in [-0.15, -0.1) is 0 Å². The number of hydrogen-bond acceptors (Lipinski definition) is 3. The SMILES string of the molecule is CC(CO)N(C)C(=O)Nc1cccc(OCc2cccc(F)c2)c1. The zero-order valence-electron chi connectivity index (χ0n) is 13.7. The van der Waals surface area contributed by atoms with E-state index in [9.17, 15) is 9.18 Å². The van der Waals surface area contributed by atoms with Crippen molar-refractivity contribution >= 4 is 11.7 Å². The van der Waals surface area contributed by atoms with Gasteiger partial charge in [-0.3, -0.25) is 0 Å². The van der Waals surface area contributed by atoms with Gasteiger partial charge in [0.1, 0.15) is 18.2 Å². The van der Waals surface area contributed by atoms with Crippen molar-refractivity contribution in [3.8, 4) is 5.75 Å². The summed E-state index contributed by atoms with van der Waals surface area (Å²) in [4.78, 5) is 13.5. The first-order valence-corrected chi connectivity index (χ1v) is 7.61. The van der Waals surface area contributed by atoms with E-state index in [4.69, 9.17) is 9.84 Å². The van der Waals surface area contributed by atoms with Crippen LogP contribution < -0.4 is 10.1 Å². The lowest BCUT2D eigenvalue weighted by atomic mass is 10.2. The highest BCUT2D eigenvalue weighted by Crippen LogP contribution is 2.19. The van der Waals surface area contributed by atoms with Crippen LogP contribution in [0.25, 0.3) is 0 Å². The number of benzene rings is 2. The van der Waals surface area contributed by atoms with Crippen LogP contribution in [0.1, 0.15) is 12.5 Å². The molecule has 1 unspecified atom stereocenters. The lowest BCUT2D eigenvalue weighted by molar-refractivity contribution is 0.166. The summed E-state index contributed by atoms with van der Waals surface area (Å²) >= 11 is 0. The maximum Gasteiger partial charge on any atom is 0.321 e. The average molecular weight is 332 g/mol. The molecule has 0 radical (unpaired) electrons. The first kappa shape index (κ1) is 17.7. The Morgan fingerprint density at radius 1 is 1.29 bits per heavy atom. The molecule has 0 aliphatic carbocycles. The number of likely N-dealkylation sites (N-methyl/N-ethyl adjacent to an activating group) is 1. The van der Waals surface area contributed by atoms with Gasteiger partial charge in [0.15, 0.2) is 0 Å². The Balaban J connectivity index is 1.97. The third-order valence-corrected chi connectivity index (χ3v) is 3.63. The predicted molar refractivity (Wildman–Crippen MR) is 90.5 cm³/mol. The van der Waals surface area contributed by atoms with E-state index in [0.717, 1.165) is 5.56 Å². The van der Waals surface area contributed by atoms with Crippen molar-refractivity contribution in [1.29, 1.82) is 0 Å². The van der Waals surface area contributed by atoms with Gasteiger partial charge in [-0.25, -0.2) is 9.18 Å². The van der Waals surface area contributed by atoms with Gasteiger partial charge >= 0.3 is 6.03 Å². The van der Waals surface area contributed by atoms with E-state index in [1.807, 2.05) is 0 Å². The number of aliphatic hydroxyl groups excluding tert-OH is 1. The van der Waals surface area contributed by atoms with Crippen LogP contribution in [0.15, 0.2) is 48.5 Å². The second-order valence-electron chi connectivity index (χ2n) is 5.52. The van der Waals surface area contributed by atoms with Gasteiger partial charge in [-0.2, -0.15) is 0 Å². The average Bonchev–Trinajstić information content (AvgIpc) is 2.59. The molecule has 0 fully saturated rings. The van der Waals surface area contributed by atoms with Crippen LogP contribution in [-0.4, -0.2) is 35.7 Å². The van der Waals surface area contributed by atoms with E-state index in [1.54, 1.807) is 50.4 Å². The highest BCUT2D eigenvalue weighted by Gasteiger charge is 2.14. The van der Waals surface area contributed by atoms with E-state index < -0.39 is 0 Å². The molecule has 0 heterocycles. The van der Waals surface area contributed by atoms with E-state index >= 15 is 0 Å². The first-order chi connectivity index (χ1) is 11.5. The minimum atomic E-state index is -0.321. The monoisotopic (exact) mass is 332 g/mol. The number of halogens is 1. The molecule has 6 heteroatoms. The van der Waals surface area contributed by atoms with Gasteiger partial charge < -0.3 is 20.1 Å². The number of urea groups is 1. The normalized spacial score (nSPS) is 11.7. The van der Waals surface area contributed by atoms with Crippen LogP contribution in [0.5, 0.6) is 5.75 Å². The summed E-state index contributed by atoms with van der Waals surface area (Å²) in [5, 5.41) is 11.8. The molecule has 2 aromatic rings. The summed E-state index contributed by atoms with van der Waals surface area (Å²) < 4.78 is 18.8. The molecule has 0 saturated carbocycles. The molecule has 5 nitrogen and oxygen atoms in total. The minimum Gasteiger partial charge on any atom is -0.489 e.